The Morgan fingerprint density at radius 2 is 1.50 bits per heavy atom. The van der Waals surface area contributed by atoms with Crippen LogP contribution in [0.5, 0.6) is 0 Å². The molecule has 0 saturated heterocycles. The van der Waals surface area contributed by atoms with Crippen LogP contribution in [0, 0.1) is 10.1 Å². The lowest BCUT2D eigenvalue weighted by molar-refractivity contribution is -0.387. The molecule has 1 aromatic rings. The minimum absolute atomic E-state index is 0.0421. The van der Waals surface area contributed by atoms with E-state index in [1.165, 1.54) is 24.3 Å². The summed E-state index contributed by atoms with van der Waals surface area (Å²) in [7, 11) is -3.60. The first-order valence-corrected chi connectivity index (χ1v) is 9.70. The first-order valence-electron chi connectivity index (χ1n) is 7.51. The molecule has 124 valence electrons. The molecule has 0 atom stereocenters. The largest absolute Gasteiger partial charge is 0.287 e. The molecule has 5 nitrogen and oxygen atoms in total. The van der Waals surface area contributed by atoms with Crippen LogP contribution in [-0.4, -0.2) is 25.0 Å². The Morgan fingerprint density at radius 1 is 0.955 bits per heavy atom. The molecule has 0 spiro atoms. The first-order chi connectivity index (χ1) is 10.5. The minimum Gasteiger partial charge on any atom is -0.258 e. The summed E-state index contributed by atoms with van der Waals surface area (Å²) in [6.45, 7) is 0. The summed E-state index contributed by atoms with van der Waals surface area (Å²) in [5, 5.41) is 10.9. The topological polar surface area (TPSA) is 77.3 Å². The van der Waals surface area contributed by atoms with Gasteiger partial charge in [0.2, 0.25) is 0 Å². The van der Waals surface area contributed by atoms with Crippen molar-refractivity contribution in [3.8, 4) is 0 Å². The van der Waals surface area contributed by atoms with E-state index in [9.17, 15) is 18.5 Å². The number of halogens is 1. The molecule has 22 heavy (non-hydrogen) atoms. The lowest BCUT2D eigenvalue weighted by Gasteiger charge is -2.05. The van der Waals surface area contributed by atoms with Crippen LogP contribution in [0.2, 0.25) is 0 Å². The summed E-state index contributed by atoms with van der Waals surface area (Å²) in [5.41, 5.74) is -0.344. The van der Waals surface area contributed by atoms with Crippen LogP contribution in [0.1, 0.15) is 44.9 Å². The average molecular weight is 348 g/mol. The van der Waals surface area contributed by atoms with Gasteiger partial charge in [-0.3, -0.25) is 10.1 Å². The molecule has 0 heterocycles. The number of sulfone groups is 1. The van der Waals surface area contributed by atoms with Gasteiger partial charge in [-0.25, -0.2) is 8.42 Å². The molecular formula is C15H22ClNO4S. The molecule has 0 amide bonds. The average Bonchev–Trinajstić information content (AvgIpc) is 2.50. The number of hydrogen-bond acceptors (Lipinski definition) is 4. The van der Waals surface area contributed by atoms with Crippen molar-refractivity contribution < 1.29 is 13.3 Å². The highest BCUT2D eigenvalue weighted by atomic mass is 35.5. The molecular weight excluding hydrogens is 326 g/mol. The smallest absolute Gasteiger partial charge is 0.258 e. The van der Waals surface area contributed by atoms with Crippen LogP contribution in [0.25, 0.3) is 0 Å². The number of benzene rings is 1. The van der Waals surface area contributed by atoms with Gasteiger partial charge in [0.1, 0.15) is 4.90 Å². The third kappa shape index (κ3) is 6.32. The number of rotatable bonds is 11. The molecule has 0 aliphatic carbocycles. The van der Waals surface area contributed by atoms with Crippen LogP contribution in [0.3, 0.4) is 0 Å². The molecule has 7 heteroatoms. The molecule has 0 unspecified atom stereocenters. The van der Waals surface area contributed by atoms with Crippen LogP contribution in [0.15, 0.2) is 29.2 Å². The number of alkyl halides is 1. The molecule has 0 fully saturated rings. The number of hydrogen-bond donors (Lipinski definition) is 0. The van der Waals surface area contributed by atoms with Crippen molar-refractivity contribution in [1.82, 2.24) is 0 Å². The zero-order valence-electron chi connectivity index (χ0n) is 12.5. The maximum absolute atomic E-state index is 12.2. The van der Waals surface area contributed by atoms with Crippen molar-refractivity contribution in [3.63, 3.8) is 0 Å². The van der Waals surface area contributed by atoms with Gasteiger partial charge >= 0.3 is 0 Å². The van der Waals surface area contributed by atoms with Crippen molar-refractivity contribution in [2.45, 2.75) is 49.8 Å². The Kier molecular flexibility index (Phi) is 8.42. The predicted molar refractivity (Wildman–Crippen MR) is 88.2 cm³/mol. The third-order valence-electron chi connectivity index (χ3n) is 3.44. The summed E-state index contributed by atoms with van der Waals surface area (Å²) < 4.78 is 24.4. The fourth-order valence-corrected chi connectivity index (χ4v) is 3.99. The normalized spacial score (nSPS) is 11.5. The highest BCUT2D eigenvalue weighted by Crippen LogP contribution is 2.24. The van der Waals surface area contributed by atoms with E-state index in [0.717, 1.165) is 38.5 Å². The second-order valence-electron chi connectivity index (χ2n) is 5.21. The highest BCUT2D eigenvalue weighted by molar-refractivity contribution is 7.91. The molecule has 0 bridgehead atoms. The van der Waals surface area contributed by atoms with E-state index in [1.807, 2.05) is 0 Å². The monoisotopic (exact) mass is 347 g/mol. The van der Waals surface area contributed by atoms with Gasteiger partial charge in [0, 0.05) is 11.9 Å². The van der Waals surface area contributed by atoms with Gasteiger partial charge in [-0.1, -0.05) is 44.2 Å². The number of para-hydroxylation sites is 1. The SMILES string of the molecule is O=[N+]([O-])c1ccccc1S(=O)(=O)CCCCCCCCCCl. The van der Waals surface area contributed by atoms with E-state index in [1.54, 1.807) is 0 Å². The Bertz CT molecular complexity index is 575. The lowest BCUT2D eigenvalue weighted by Crippen LogP contribution is -2.09. The summed E-state index contributed by atoms with van der Waals surface area (Å²) in [6.07, 6.45) is 6.65. The Labute approximate surface area is 136 Å². The number of nitrogens with zero attached hydrogens (tertiary/aromatic N) is 1. The van der Waals surface area contributed by atoms with E-state index < -0.39 is 14.8 Å². The molecule has 0 aliphatic rings. The second-order valence-corrected chi connectivity index (χ2v) is 7.66. The quantitative estimate of drug-likeness (QED) is 0.258. The Hall–Kier alpha value is -1.14. The number of nitro benzene ring substituents is 1. The fourth-order valence-electron chi connectivity index (χ4n) is 2.25. The summed E-state index contributed by atoms with van der Waals surface area (Å²) in [5.74, 6) is 0.646. The number of nitro groups is 1. The Balaban J connectivity index is 2.44. The summed E-state index contributed by atoms with van der Waals surface area (Å²) in [6, 6.07) is 5.51. The second kappa shape index (κ2) is 9.79. The fraction of sp³-hybridized carbons (Fsp3) is 0.600. The van der Waals surface area contributed by atoms with Gasteiger partial charge < -0.3 is 0 Å². The van der Waals surface area contributed by atoms with Crippen molar-refractivity contribution in [1.29, 1.82) is 0 Å². The van der Waals surface area contributed by atoms with Crippen LogP contribution < -0.4 is 0 Å². The molecule has 0 radical (unpaired) electrons. The molecule has 1 rings (SSSR count). The third-order valence-corrected chi connectivity index (χ3v) is 5.55. The molecule has 0 N–H and O–H groups in total. The first kappa shape index (κ1) is 18.9. The number of unbranched alkanes of at least 4 members (excludes halogenated alkanes) is 6. The van der Waals surface area contributed by atoms with Crippen molar-refractivity contribution in [2.75, 3.05) is 11.6 Å². The lowest BCUT2D eigenvalue weighted by atomic mass is 10.1. The van der Waals surface area contributed by atoms with E-state index in [4.69, 9.17) is 11.6 Å². The van der Waals surface area contributed by atoms with Crippen molar-refractivity contribution in [2.24, 2.45) is 0 Å². The van der Waals surface area contributed by atoms with Gasteiger partial charge in [-0.15, -0.1) is 11.6 Å². The summed E-state index contributed by atoms with van der Waals surface area (Å²) in [4.78, 5) is 10.1. The van der Waals surface area contributed by atoms with E-state index in [0.29, 0.717) is 12.3 Å². The van der Waals surface area contributed by atoms with Crippen LogP contribution >= 0.6 is 11.6 Å². The maximum atomic E-state index is 12.2. The molecule has 0 aromatic heterocycles. The van der Waals surface area contributed by atoms with Crippen molar-refractivity contribution in [3.05, 3.63) is 34.4 Å². The zero-order valence-corrected chi connectivity index (χ0v) is 14.1. The van der Waals surface area contributed by atoms with Crippen molar-refractivity contribution >= 4 is 27.1 Å². The predicted octanol–water partition coefficient (Wildman–Crippen LogP) is 4.34. The van der Waals surface area contributed by atoms with Crippen LogP contribution in [-0.2, 0) is 9.84 Å². The van der Waals surface area contributed by atoms with E-state index >= 15 is 0 Å². The summed E-state index contributed by atoms with van der Waals surface area (Å²) >= 11 is 5.59. The molecule has 1 aromatic carbocycles. The van der Waals surface area contributed by atoms with Gasteiger partial charge in [-0.2, -0.15) is 0 Å². The van der Waals surface area contributed by atoms with Gasteiger partial charge in [-0.05, 0) is 18.9 Å². The van der Waals surface area contributed by atoms with E-state index in [2.05, 4.69) is 0 Å². The van der Waals surface area contributed by atoms with Gasteiger partial charge in [0.25, 0.3) is 5.69 Å². The zero-order chi connectivity index (χ0) is 16.4. The standard InChI is InChI=1S/C15H22ClNO4S/c16-12-8-4-2-1-3-5-9-13-22(20,21)15-11-7-6-10-14(15)17(18)19/h6-7,10-11H,1-5,8-9,12-13H2. The van der Waals surface area contributed by atoms with E-state index in [-0.39, 0.29) is 16.3 Å². The maximum Gasteiger partial charge on any atom is 0.287 e. The van der Waals surface area contributed by atoms with Gasteiger partial charge in [0.05, 0.1) is 10.7 Å². The highest BCUT2D eigenvalue weighted by Gasteiger charge is 2.24. The van der Waals surface area contributed by atoms with Crippen LogP contribution in [0.4, 0.5) is 5.69 Å². The Morgan fingerprint density at radius 3 is 2.09 bits per heavy atom. The molecule has 0 saturated carbocycles. The van der Waals surface area contributed by atoms with Gasteiger partial charge in [0.15, 0.2) is 9.84 Å². The molecule has 0 aliphatic heterocycles. The minimum atomic E-state index is -3.60.